The molecule has 16 heavy (non-hydrogen) atoms. The molecular formula is C11H14O4S. The Hall–Kier alpha value is -1.36. The van der Waals surface area contributed by atoms with Crippen molar-refractivity contribution in [1.29, 1.82) is 0 Å². The summed E-state index contributed by atoms with van der Waals surface area (Å²) in [5.74, 6) is -1.30. The first kappa shape index (κ1) is 12.7. The zero-order valence-electron chi connectivity index (χ0n) is 9.17. The Bertz CT molecular complexity index is 488. The van der Waals surface area contributed by atoms with Gasteiger partial charge in [-0.2, -0.15) is 0 Å². The predicted molar refractivity (Wildman–Crippen MR) is 60.3 cm³/mol. The average Bonchev–Trinajstić information content (AvgIpc) is 2.15. The number of rotatable bonds is 4. The Morgan fingerprint density at radius 2 is 1.88 bits per heavy atom. The van der Waals surface area contributed by atoms with Crippen LogP contribution in [-0.4, -0.2) is 25.2 Å². The zero-order chi connectivity index (χ0) is 12.3. The Labute approximate surface area is 94.8 Å². The Balaban J connectivity index is 3.28. The minimum absolute atomic E-state index is 0.0353. The van der Waals surface area contributed by atoms with Gasteiger partial charge in [-0.15, -0.1) is 0 Å². The second kappa shape index (κ2) is 4.65. The van der Waals surface area contributed by atoms with Crippen LogP contribution in [0.2, 0.25) is 0 Å². The van der Waals surface area contributed by atoms with Crippen molar-refractivity contribution in [3.05, 3.63) is 29.8 Å². The van der Waals surface area contributed by atoms with Crippen molar-refractivity contribution in [3.63, 3.8) is 0 Å². The zero-order valence-corrected chi connectivity index (χ0v) is 9.99. The molecule has 1 rings (SSSR count). The van der Waals surface area contributed by atoms with Crippen LogP contribution in [0, 0.1) is 5.92 Å². The molecule has 0 unspecified atom stereocenters. The van der Waals surface area contributed by atoms with E-state index < -0.39 is 15.8 Å². The molecule has 0 saturated heterocycles. The van der Waals surface area contributed by atoms with Gasteiger partial charge < -0.3 is 5.11 Å². The summed E-state index contributed by atoms with van der Waals surface area (Å²) in [7, 11) is -3.52. The van der Waals surface area contributed by atoms with Gasteiger partial charge >= 0.3 is 5.97 Å². The average molecular weight is 242 g/mol. The summed E-state index contributed by atoms with van der Waals surface area (Å²) in [4.78, 5) is 10.8. The van der Waals surface area contributed by atoms with E-state index in [0.717, 1.165) is 0 Å². The summed E-state index contributed by atoms with van der Waals surface area (Å²) in [5, 5.41) is 8.90. The van der Waals surface area contributed by atoms with Gasteiger partial charge in [-0.25, -0.2) is 13.2 Å². The normalized spacial score (nSPS) is 11.7. The molecule has 5 heteroatoms. The fourth-order valence-corrected chi connectivity index (χ4v) is 3.28. The lowest BCUT2D eigenvalue weighted by Crippen LogP contribution is -2.15. The van der Waals surface area contributed by atoms with Crippen LogP contribution in [0.15, 0.2) is 29.2 Å². The van der Waals surface area contributed by atoms with Crippen LogP contribution in [-0.2, 0) is 9.84 Å². The molecule has 0 heterocycles. The number of sulfone groups is 1. The van der Waals surface area contributed by atoms with Crippen molar-refractivity contribution in [3.8, 4) is 0 Å². The van der Waals surface area contributed by atoms with Crippen LogP contribution >= 0.6 is 0 Å². The molecule has 0 spiro atoms. The van der Waals surface area contributed by atoms with Gasteiger partial charge in [-0.1, -0.05) is 26.0 Å². The molecule has 0 bridgehead atoms. The van der Waals surface area contributed by atoms with Crippen molar-refractivity contribution in [2.24, 2.45) is 5.92 Å². The minimum atomic E-state index is -3.52. The number of carbonyl (C=O) groups is 1. The van der Waals surface area contributed by atoms with Gasteiger partial charge in [0.2, 0.25) is 0 Å². The maximum absolute atomic E-state index is 11.9. The van der Waals surface area contributed by atoms with Crippen molar-refractivity contribution in [1.82, 2.24) is 0 Å². The van der Waals surface area contributed by atoms with E-state index >= 15 is 0 Å². The van der Waals surface area contributed by atoms with Gasteiger partial charge in [0.15, 0.2) is 9.84 Å². The summed E-state index contributed by atoms with van der Waals surface area (Å²) in [6, 6.07) is 5.67. The first-order valence-corrected chi connectivity index (χ1v) is 6.55. The van der Waals surface area contributed by atoms with Gasteiger partial charge in [0, 0.05) is 0 Å². The highest BCUT2D eigenvalue weighted by Crippen LogP contribution is 2.18. The lowest BCUT2D eigenvalue weighted by atomic mass is 10.2. The largest absolute Gasteiger partial charge is 0.478 e. The van der Waals surface area contributed by atoms with E-state index in [9.17, 15) is 13.2 Å². The van der Waals surface area contributed by atoms with Crippen LogP contribution in [0.3, 0.4) is 0 Å². The van der Waals surface area contributed by atoms with Crippen LogP contribution in [0.5, 0.6) is 0 Å². The van der Waals surface area contributed by atoms with Gasteiger partial charge in [-0.3, -0.25) is 0 Å². The maximum atomic E-state index is 11.9. The molecule has 1 aromatic rings. The molecule has 0 aliphatic carbocycles. The fraction of sp³-hybridized carbons (Fsp3) is 0.364. The molecule has 0 fully saturated rings. The summed E-state index contributed by atoms with van der Waals surface area (Å²) >= 11 is 0. The first-order valence-electron chi connectivity index (χ1n) is 4.89. The molecular weight excluding hydrogens is 228 g/mol. The lowest BCUT2D eigenvalue weighted by Gasteiger charge is -2.09. The molecule has 1 N–H and O–H groups in total. The van der Waals surface area contributed by atoms with E-state index in [1.165, 1.54) is 24.3 Å². The van der Waals surface area contributed by atoms with E-state index in [0.29, 0.717) is 0 Å². The molecule has 0 aromatic heterocycles. The topological polar surface area (TPSA) is 71.4 Å². The van der Waals surface area contributed by atoms with E-state index in [4.69, 9.17) is 5.11 Å². The summed E-state index contributed by atoms with van der Waals surface area (Å²) in [6.45, 7) is 3.56. The van der Waals surface area contributed by atoms with E-state index in [1.54, 1.807) is 13.8 Å². The second-order valence-electron chi connectivity index (χ2n) is 3.98. The smallest absolute Gasteiger partial charge is 0.337 e. The van der Waals surface area contributed by atoms with Crippen LogP contribution in [0.1, 0.15) is 24.2 Å². The summed E-state index contributed by atoms with van der Waals surface area (Å²) < 4.78 is 23.8. The Morgan fingerprint density at radius 1 is 1.31 bits per heavy atom. The van der Waals surface area contributed by atoms with Crippen LogP contribution in [0.4, 0.5) is 0 Å². The van der Waals surface area contributed by atoms with Crippen molar-refractivity contribution < 1.29 is 18.3 Å². The summed E-state index contributed by atoms with van der Waals surface area (Å²) in [5.41, 5.74) is -0.164. The highest BCUT2D eigenvalue weighted by molar-refractivity contribution is 7.91. The van der Waals surface area contributed by atoms with Gasteiger partial charge in [0.1, 0.15) is 0 Å². The molecule has 1 aromatic carbocycles. The number of carboxylic acid groups (broad SMARTS) is 1. The highest BCUT2D eigenvalue weighted by Gasteiger charge is 2.22. The maximum Gasteiger partial charge on any atom is 0.337 e. The predicted octanol–water partition coefficient (Wildman–Crippen LogP) is 1.81. The third kappa shape index (κ3) is 2.82. The highest BCUT2D eigenvalue weighted by atomic mass is 32.2. The quantitative estimate of drug-likeness (QED) is 0.874. The number of hydrogen-bond donors (Lipinski definition) is 1. The third-order valence-corrected chi connectivity index (χ3v) is 4.14. The first-order chi connectivity index (χ1) is 7.34. The summed E-state index contributed by atoms with van der Waals surface area (Å²) in [6.07, 6.45) is 0. The molecule has 0 saturated carbocycles. The molecule has 0 aliphatic rings. The lowest BCUT2D eigenvalue weighted by molar-refractivity contribution is 0.0692. The van der Waals surface area contributed by atoms with Crippen LogP contribution < -0.4 is 0 Å². The second-order valence-corrected chi connectivity index (χ2v) is 5.98. The third-order valence-electron chi connectivity index (χ3n) is 2.01. The van der Waals surface area contributed by atoms with Crippen molar-refractivity contribution in [2.75, 3.05) is 5.75 Å². The molecule has 0 amide bonds. The number of benzene rings is 1. The van der Waals surface area contributed by atoms with E-state index in [2.05, 4.69) is 0 Å². The van der Waals surface area contributed by atoms with Crippen molar-refractivity contribution in [2.45, 2.75) is 18.7 Å². The fourth-order valence-electron chi connectivity index (χ4n) is 1.44. The SMILES string of the molecule is CC(C)CS(=O)(=O)c1ccccc1C(=O)O. The molecule has 0 aliphatic heterocycles. The number of hydrogen-bond acceptors (Lipinski definition) is 3. The Kier molecular flexibility index (Phi) is 3.70. The van der Waals surface area contributed by atoms with E-state index in [1.807, 2.05) is 0 Å². The van der Waals surface area contributed by atoms with Crippen molar-refractivity contribution >= 4 is 15.8 Å². The van der Waals surface area contributed by atoms with Gasteiger partial charge in [0.25, 0.3) is 0 Å². The van der Waals surface area contributed by atoms with E-state index in [-0.39, 0.29) is 22.1 Å². The minimum Gasteiger partial charge on any atom is -0.478 e. The van der Waals surface area contributed by atoms with Gasteiger partial charge in [-0.05, 0) is 18.1 Å². The number of carboxylic acids is 1. The monoisotopic (exact) mass is 242 g/mol. The van der Waals surface area contributed by atoms with Gasteiger partial charge in [0.05, 0.1) is 16.2 Å². The molecule has 88 valence electrons. The number of aromatic carboxylic acids is 1. The molecule has 0 atom stereocenters. The molecule has 0 radical (unpaired) electrons. The Morgan fingerprint density at radius 3 is 2.38 bits per heavy atom. The van der Waals surface area contributed by atoms with Crippen LogP contribution in [0.25, 0.3) is 0 Å². The molecule has 4 nitrogen and oxygen atoms in total. The standard InChI is InChI=1S/C11H14O4S/c1-8(2)7-16(14,15)10-6-4-3-5-9(10)11(12)13/h3-6,8H,7H2,1-2H3,(H,12,13).